The summed E-state index contributed by atoms with van der Waals surface area (Å²) in [5, 5.41) is 0. The number of nitrogens with zero attached hydrogens (tertiary/aromatic N) is 1. The fraction of sp³-hybridized carbons (Fsp3) is 1.00. The second-order valence-corrected chi connectivity index (χ2v) is 6.14. The van der Waals surface area contributed by atoms with Gasteiger partial charge in [-0.25, -0.2) is 8.51 Å². The first-order valence-electron chi connectivity index (χ1n) is 4.26. The van der Waals surface area contributed by atoms with Gasteiger partial charge >= 0.3 is 0 Å². The molecule has 1 fully saturated rings. The van der Waals surface area contributed by atoms with Crippen LogP contribution in [0.2, 0.25) is 0 Å². The smallest absolute Gasteiger partial charge is 0.0998 e. The number of hydrogen-bond acceptors (Lipinski definition) is 2. The highest BCUT2D eigenvalue weighted by Crippen LogP contribution is 2.16. The van der Waals surface area contributed by atoms with E-state index < -0.39 is 11.0 Å². The van der Waals surface area contributed by atoms with Crippen LogP contribution in [0.1, 0.15) is 20.8 Å². The Hall–Kier alpha value is 0.0700. The molecule has 1 saturated heterocycles. The fourth-order valence-corrected chi connectivity index (χ4v) is 2.36. The van der Waals surface area contributed by atoms with Crippen molar-refractivity contribution < 1.29 is 8.95 Å². The molecule has 72 valence electrons. The molecule has 1 atom stereocenters. The molecule has 0 aromatic rings. The molecule has 3 nitrogen and oxygen atoms in total. The number of ether oxygens (including phenoxy) is 1. The van der Waals surface area contributed by atoms with Crippen LogP contribution in [-0.2, 0) is 15.7 Å². The Morgan fingerprint density at radius 3 is 2.17 bits per heavy atom. The third-order valence-electron chi connectivity index (χ3n) is 1.73. The monoisotopic (exact) mass is 191 g/mol. The third kappa shape index (κ3) is 2.54. The average molecular weight is 191 g/mol. The molecule has 12 heavy (non-hydrogen) atoms. The predicted molar refractivity (Wildman–Crippen MR) is 50.3 cm³/mol. The summed E-state index contributed by atoms with van der Waals surface area (Å²) in [7, 11) is -0.870. The topological polar surface area (TPSA) is 29.5 Å². The zero-order chi connectivity index (χ0) is 9.19. The van der Waals surface area contributed by atoms with Crippen LogP contribution < -0.4 is 0 Å². The van der Waals surface area contributed by atoms with Crippen molar-refractivity contribution >= 4 is 11.0 Å². The molecular weight excluding hydrogens is 174 g/mol. The van der Waals surface area contributed by atoms with Gasteiger partial charge in [0.2, 0.25) is 0 Å². The van der Waals surface area contributed by atoms with E-state index in [0.717, 1.165) is 13.1 Å². The fourth-order valence-electron chi connectivity index (χ4n) is 1.10. The van der Waals surface area contributed by atoms with Crippen LogP contribution in [0.3, 0.4) is 0 Å². The second kappa shape index (κ2) is 3.85. The molecule has 1 aliphatic rings. The van der Waals surface area contributed by atoms with Gasteiger partial charge in [-0.2, -0.15) is 0 Å². The lowest BCUT2D eigenvalue weighted by Crippen LogP contribution is -2.43. The van der Waals surface area contributed by atoms with E-state index in [-0.39, 0.29) is 4.75 Å². The van der Waals surface area contributed by atoms with Crippen LogP contribution in [0, 0.1) is 0 Å². The summed E-state index contributed by atoms with van der Waals surface area (Å²) in [4.78, 5) is 0. The maximum atomic E-state index is 11.8. The first kappa shape index (κ1) is 10.2. The van der Waals surface area contributed by atoms with Gasteiger partial charge in [0.25, 0.3) is 0 Å². The molecule has 4 heteroatoms. The molecule has 0 aliphatic carbocycles. The molecule has 0 radical (unpaired) electrons. The SMILES string of the molecule is CC(C)(C)S(=[16O])N1CCOCC1. The van der Waals surface area contributed by atoms with Gasteiger partial charge in [0.05, 0.1) is 28.9 Å². The predicted octanol–water partition coefficient (Wildman–Crippen LogP) is 0.781. The normalized spacial score (nSPS) is 23.9. The van der Waals surface area contributed by atoms with E-state index in [2.05, 4.69) is 0 Å². The van der Waals surface area contributed by atoms with E-state index in [1.165, 1.54) is 0 Å². The van der Waals surface area contributed by atoms with Crippen molar-refractivity contribution in [2.24, 2.45) is 0 Å². The Bertz CT molecular complexity index is 170. The minimum Gasteiger partial charge on any atom is -0.379 e. The Labute approximate surface area is 76.7 Å². The average Bonchev–Trinajstić information content (AvgIpc) is 2.03. The second-order valence-electron chi connectivity index (χ2n) is 3.90. The van der Waals surface area contributed by atoms with Crippen molar-refractivity contribution in [2.45, 2.75) is 25.5 Å². The molecule has 0 saturated carbocycles. The van der Waals surface area contributed by atoms with Crippen molar-refractivity contribution in [2.75, 3.05) is 26.3 Å². The van der Waals surface area contributed by atoms with Crippen molar-refractivity contribution in [1.82, 2.24) is 4.31 Å². The van der Waals surface area contributed by atoms with Crippen LogP contribution in [0.5, 0.6) is 0 Å². The maximum absolute atomic E-state index is 11.8. The lowest BCUT2D eigenvalue weighted by atomic mass is 10.3. The Morgan fingerprint density at radius 2 is 1.75 bits per heavy atom. The van der Waals surface area contributed by atoms with Gasteiger partial charge in [-0.05, 0) is 20.8 Å². The maximum Gasteiger partial charge on any atom is 0.0998 e. The molecule has 1 rings (SSSR count). The molecule has 0 aromatic carbocycles. The highest BCUT2D eigenvalue weighted by molar-refractivity contribution is 7.84. The van der Waals surface area contributed by atoms with Crippen LogP contribution in [0.25, 0.3) is 0 Å². The van der Waals surface area contributed by atoms with Crippen LogP contribution in [0.4, 0.5) is 0 Å². The van der Waals surface area contributed by atoms with Gasteiger partial charge < -0.3 is 4.74 Å². The van der Waals surface area contributed by atoms with E-state index in [0.29, 0.717) is 13.2 Å². The number of hydrogen-bond donors (Lipinski definition) is 0. The molecule has 0 amide bonds. The first-order valence-corrected chi connectivity index (χ1v) is 5.37. The van der Waals surface area contributed by atoms with Gasteiger partial charge in [0.1, 0.15) is 0 Å². The van der Waals surface area contributed by atoms with Gasteiger partial charge in [-0.1, -0.05) is 0 Å². The largest absolute Gasteiger partial charge is 0.379 e. The van der Waals surface area contributed by atoms with Crippen molar-refractivity contribution in [3.8, 4) is 0 Å². The van der Waals surface area contributed by atoms with E-state index in [4.69, 9.17) is 4.74 Å². The van der Waals surface area contributed by atoms with Crippen molar-refractivity contribution in [3.63, 3.8) is 0 Å². The molecule has 1 unspecified atom stereocenters. The first-order chi connectivity index (χ1) is 5.52. The molecule has 0 N–H and O–H groups in total. The summed E-state index contributed by atoms with van der Waals surface area (Å²) in [5.74, 6) is 0. The summed E-state index contributed by atoms with van der Waals surface area (Å²) >= 11 is 0. The Balaban J connectivity index is 2.51. The molecular formula is C8H17NO2S. The summed E-state index contributed by atoms with van der Waals surface area (Å²) < 4.78 is 18.8. The van der Waals surface area contributed by atoms with E-state index in [1.54, 1.807) is 0 Å². The van der Waals surface area contributed by atoms with E-state index >= 15 is 0 Å². The van der Waals surface area contributed by atoms with Gasteiger partial charge in [-0.3, -0.25) is 0 Å². The summed E-state index contributed by atoms with van der Waals surface area (Å²) in [5.41, 5.74) is 0. The molecule has 0 bridgehead atoms. The van der Waals surface area contributed by atoms with Crippen molar-refractivity contribution in [3.05, 3.63) is 0 Å². The molecule has 1 heterocycles. The quantitative estimate of drug-likeness (QED) is 0.613. The zero-order valence-electron chi connectivity index (χ0n) is 8.00. The lowest BCUT2D eigenvalue weighted by Gasteiger charge is -2.31. The molecule has 0 spiro atoms. The standard InChI is InChI=1S/C8H17NO2S/c1-8(2,3)12(10)9-4-6-11-7-5-9/h4-7H2,1-3H3/i10+0. The minimum absolute atomic E-state index is 0.142. The summed E-state index contributed by atoms with van der Waals surface area (Å²) in [6, 6.07) is 0. The lowest BCUT2D eigenvalue weighted by molar-refractivity contribution is 0.0745. The van der Waals surface area contributed by atoms with Crippen LogP contribution in [-0.4, -0.2) is 39.6 Å². The zero-order valence-corrected chi connectivity index (χ0v) is 8.82. The van der Waals surface area contributed by atoms with Crippen LogP contribution in [0.15, 0.2) is 0 Å². The number of rotatable bonds is 1. The Kier molecular flexibility index (Phi) is 3.26. The summed E-state index contributed by atoms with van der Waals surface area (Å²) in [6.07, 6.45) is 0. The molecule has 1 aliphatic heterocycles. The third-order valence-corrected chi connectivity index (χ3v) is 3.61. The highest BCUT2D eigenvalue weighted by atomic mass is 32.2. The molecule has 0 aromatic heterocycles. The number of morpholine rings is 1. The minimum atomic E-state index is -0.870. The van der Waals surface area contributed by atoms with Gasteiger partial charge in [0, 0.05) is 13.1 Å². The van der Waals surface area contributed by atoms with E-state index in [9.17, 15) is 4.21 Å². The Morgan fingerprint density at radius 1 is 1.25 bits per heavy atom. The van der Waals surface area contributed by atoms with Gasteiger partial charge in [-0.15, -0.1) is 0 Å². The van der Waals surface area contributed by atoms with E-state index in [1.807, 2.05) is 25.1 Å². The summed E-state index contributed by atoms with van der Waals surface area (Å²) in [6.45, 7) is 9.01. The van der Waals surface area contributed by atoms with Crippen molar-refractivity contribution in [1.29, 1.82) is 0 Å². The van der Waals surface area contributed by atoms with Gasteiger partial charge in [0.15, 0.2) is 0 Å². The highest BCUT2D eigenvalue weighted by Gasteiger charge is 2.27. The van der Waals surface area contributed by atoms with Crippen LogP contribution >= 0.6 is 0 Å².